The Hall–Kier alpha value is -2.10. The fourth-order valence-electron chi connectivity index (χ4n) is 1.83. The molecule has 0 radical (unpaired) electrons. The van der Waals surface area contributed by atoms with Crippen molar-refractivity contribution in [2.24, 2.45) is 0 Å². The highest BCUT2D eigenvalue weighted by Crippen LogP contribution is 2.21. The fourth-order valence-corrected chi connectivity index (χ4v) is 1.83. The monoisotopic (exact) mass is 242 g/mol. The summed E-state index contributed by atoms with van der Waals surface area (Å²) >= 11 is 0. The summed E-state index contributed by atoms with van der Waals surface area (Å²) in [6, 6.07) is 10.2. The molecular formula is C14H18N4. The van der Waals surface area contributed by atoms with E-state index in [1.165, 1.54) is 5.56 Å². The van der Waals surface area contributed by atoms with Crippen molar-refractivity contribution < 1.29 is 0 Å². The summed E-state index contributed by atoms with van der Waals surface area (Å²) in [4.78, 5) is 8.66. The molecule has 0 aliphatic carbocycles. The molecule has 1 aromatic carbocycles. The van der Waals surface area contributed by atoms with Crippen molar-refractivity contribution in [3.8, 4) is 0 Å². The molecule has 0 aliphatic heterocycles. The van der Waals surface area contributed by atoms with Crippen LogP contribution in [0.15, 0.2) is 30.3 Å². The molecule has 4 nitrogen and oxygen atoms in total. The molecule has 18 heavy (non-hydrogen) atoms. The molecule has 2 aromatic rings. The zero-order valence-corrected chi connectivity index (χ0v) is 11.0. The molecule has 0 saturated heterocycles. The molecule has 1 heterocycles. The molecule has 0 bridgehead atoms. The van der Waals surface area contributed by atoms with Crippen LogP contribution in [0.1, 0.15) is 18.2 Å². The SMILES string of the molecule is CCc1ccccc1Nc1cc(C)nc(NC)n1. The van der Waals surface area contributed by atoms with Gasteiger partial charge in [-0.2, -0.15) is 4.98 Å². The number of nitrogens with one attached hydrogen (secondary N) is 2. The normalized spacial score (nSPS) is 10.2. The summed E-state index contributed by atoms with van der Waals surface area (Å²) in [6.45, 7) is 4.10. The van der Waals surface area contributed by atoms with Gasteiger partial charge >= 0.3 is 0 Å². The predicted octanol–water partition coefficient (Wildman–Crippen LogP) is 3.13. The van der Waals surface area contributed by atoms with E-state index in [0.717, 1.165) is 23.6 Å². The minimum absolute atomic E-state index is 0.631. The number of hydrogen-bond donors (Lipinski definition) is 2. The summed E-state index contributed by atoms with van der Waals surface area (Å²) in [5.41, 5.74) is 3.31. The van der Waals surface area contributed by atoms with Crippen molar-refractivity contribution in [3.05, 3.63) is 41.6 Å². The first-order valence-corrected chi connectivity index (χ1v) is 6.11. The minimum Gasteiger partial charge on any atom is -0.357 e. The van der Waals surface area contributed by atoms with Crippen LogP contribution in [0.5, 0.6) is 0 Å². The summed E-state index contributed by atoms with van der Waals surface area (Å²) < 4.78 is 0. The Morgan fingerprint density at radius 1 is 1.17 bits per heavy atom. The third kappa shape index (κ3) is 2.77. The number of rotatable bonds is 4. The molecule has 0 aliphatic rings. The highest BCUT2D eigenvalue weighted by Gasteiger charge is 2.03. The number of benzene rings is 1. The largest absolute Gasteiger partial charge is 0.357 e. The average molecular weight is 242 g/mol. The van der Waals surface area contributed by atoms with E-state index in [9.17, 15) is 0 Å². The van der Waals surface area contributed by atoms with E-state index in [0.29, 0.717) is 5.95 Å². The maximum Gasteiger partial charge on any atom is 0.224 e. The Kier molecular flexibility index (Phi) is 3.77. The molecule has 0 unspecified atom stereocenters. The third-order valence-electron chi connectivity index (χ3n) is 2.74. The lowest BCUT2D eigenvalue weighted by molar-refractivity contribution is 1.09. The second-order valence-corrected chi connectivity index (χ2v) is 4.10. The van der Waals surface area contributed by atoms with E-state index < -0.39 is 0 Å². The Balaban J connectivity index is 2.30. The second kappa shape index (κ2) is 5.49. The van der Waals surface area contributed by atoms with E-state index in [4.69, 9.17) is 0 Å². The van der Waals surface area contributed by atoms with Crippen molar-refractivity contribution >= 4 is 17.5 Å². The van der Waals surface area contributed by atoms with Crippen LogP contribution in [0.3, 0.4) is 0 Å². The van der Waals surface area contributed by atoms with Crippen molar-refractivity contribution in [1.82, 2.24) is 9.97 Å². The molecule has 0 amide bonds. The Labute approximate surface area is 107 Å². The van der Waals surface area contributed by atoms with Gasteiger partial charge in [-0.05, 0) is 25.0 Å². The van der Waals surface area contributed by atoms with Gasteiger partial charge in [0.2, 0.25) is 5.95 Å². The van der Waals surface area contributed by atoms with Crippen molar-refractivity contribution in [2.45, 2.75) is 20.3 Å². The number of para-hydroxylation sites is 1. The van der Waals surface area contributed by atoms with E-state index in [-0.39, 0.29) is 0 Å². The molecule has 94 valence electrons. The van der Waals surface area contributed by atoms with Crippen LogP contribution < -0.4 is 10.6 Å². The first kappa shape index (κ1) is 12.4. The lowest BCUT2D eigenvalue weighted by Gasteiger charge is -2.11. The number of aromatic nitrogens is 2. The molecule has 2 rings (SSSR count). The van der Waals surface area contributed by atoms with Gasteiger partial charge in [0.05, 0.1) is 0 Å². The summed E-state index contributed by atoms with van der Waals surface area (Å²) in [5, 5.41) is 6.31. The highest BCUT2D eigenvalue weighted by molar-refractivity contribution is 5.61. The van der Waals surface area contributed by atoms with Crippen LogP contribution in [-0.2, 0) is 6.42 Å². The topological polar surface area (TPSA) is 49.8 Å². The second-order valence-electron chi connectivity index (χ2n) is 4.10. The molecule has 4 heteroatoms. The van der Waals surface area contributed by atoms with Crippen molar-refractivity contribution in [3.63, 3.8) is 0 Å². The first-order valence-electron chi connectivity index (χ1n) is 6.11. The van der Waals surface area contributed by atoms with E-state index in [2.05, 4.69) is 39.7 Å². The molecule has 2 N–H and O–H groups in total. The van der Waals surface area contributed by atoms with E-state index >= 15 is 0 Å². The van der Waals surface area contributed by atoms with Crippen molar-refractivity contribution in [1.29, 1.82) is 0 Å². The lowest BCUT2D eigenvalue weighted by Crippen LogP contribution is -2.03. The number of anilines is 3. The quantitative estimate of drug-likeness (QED) is 0.864. The fraction of sp³-hybridized carbons (Fsp3) is 0.286. The standard InChI is InChI=1S/C14H18N4/c1-4-11-7-5-6-8-12(11)17-13-9-10(2)16-14(15-3)18-13/h5-9H,4H2,1-3H3,(H2,15,16,17,18). The van der Waals surface area contributed by atoms with E-state index in [1.54, 1.807) is 0 Å². The van der Waals surface area contributed by atoms with Crippen LogP contribution in [0.4, 0.5) is 17.5 Å². The smallest absolute Gasteiger partial charge is 0.224 e. The maximum absolute atomic E-state index is 4.39. The average Bonchev–Trinajstić information content (AvgIpc) is 2.38. The Morgan fingerprint density at radius 2 is 1.94 bits per heavy atom. The van der Waals surface area contributed by atoms with E-state index in [1.807, 2.05) is 32.2 Å². The van der Waals surface area contributed by atoms with Gasteiger partial charge in [-0.25, -0.2) is 4.98 Å². The summed E-state index contributed by atoms with van der Waals surface area (Å²) in [5.74, 6) is 1.44. The number of aryl methyl sites for hydroxylation is 2. The Morgan fingerprint density at radius 3 is 2.67 bits per heavy atom. The summed E-state index contributed by atoms with van der Waals surface area (Å²) in [7, 11) is 1.82. The zero-order valence-electron chi connectivity index (χ0n) is 11.0. The van der Waals surface area contributed by atoms with Crippen LogP contribution in [0, 0.1) is 6.92 Å². The first-order chi connectivity index (χ1) is 8.72. The van der Waals surface area contributed by atoms with Gasteiger partial charge in [-0.15, -0.1) is 0 Å². The van der Waals surface area contributed by atoms with Gasteiger partial charge in [-0.3, -0.25) is 0 Å². The molecule has 0 spiro atoms. The third-order valence-corrected chi connectivity index (χ3v) is 2.74. The number of hydrogen-bond acceptors (Lipinski definition) is 4. The van der Waals surface area contributed by atoms with Gasteiger partial charge < -0.3 is 10.6 Å². The van der Waals surface area contributed by atoms with Crippen LogP contribution in [0.2, 0.25) is 0 Å². The lowest BCUT2D eigenvalue weighted by atomic mass is 10.1. The van der Waals surface area contributed by atoms with Crippen molar-refractivity contribution in [2.75, 3.05) is 17.7 Å². The molecule has 0 atom stereocenters. The molecule has 0 saturated carbocycles. The Bertz CT molecular complexity index is 537. The summed E-state index contributed by atoms with van der Waals surface area (Å²) in [6.07, 6.45) is 0.992. The minimum atomic E-state index is 0.631. The van der Waals surface area contributed by atoms with Gasteiger partial charge in [0.15, 0.2) is 0 Å². The van der Waals surface area contributed by atoms with Gasteiger partial charge in [0, 0.05) is 24.5 Å². The maximum atomic E-state index is 4.39. The van der Waals surface area contributed by atoms with Gasteiger partial charge in [-0.1, -0.05) is 25.1 Å². The predicted molar refractivity (Wildman–Crippen MR) is 75.4 cm³/mol. The van der Waals surface area contributed by atoms with Gasteiger partial charge in [0.1, 0.15) is 5.82 Å². The van der Waals surface area contributed by atoms with Crippen LogP contribution in [0.25, 0.3) is 0 Å². The van der Waals surface area contributed by atoms with Crippen LogP contribution in [-0.4, -0.2) is 17.0 Å². The highest BCUT2D eigenvalue weighted by atomic mass is 15.1. The molecule has 1 aromatic heterocycles. The number of nitrogens with zero attached hydrogens (tertiary/aromatic N) is 2. The molecular weight excluding hydrogens is 224 g/mol. The van der Waals surface area contributed by atoms with Gasteiger partial charge in [0.25, 0.3) is 0 Å². The van der Waals surface area contributed by atoms with Crippen LogP contribution >= 0.6 is 0 Å². The molecule has 0 fully saturated rings. The zero-order chi connectivity index (χ0) is 13.0.